The smallest absolute Gasteiger partial charge is 0.309 e. The fourth-order valence-corrected chi connectivity index (χ4v) is 3.15. The summed E-state index contributed by atoms with van der Waals surface area (Å²) >= 11 is 10.9. The Morgan fingerprint density at radius 3 is 2.59 bits per heavy atom. The third-order valence-electron chi connectivity index (χ3n) is 4.13. The first-order valence-corrected chi connectivity index (χ1v) is 9.55. The first-order valence-electron chi connectivity index (χ1n) is 8.77. The molecule has 1 aliphatic carbocycles. The Morgan fingerprint density at radius 2 is 2.04 bits per heavy atom. The van der Waals surface area contributed by atoms with Crippen LogP contribution in [0, 0.1) is 5.92 Å². The summed E-state index contributed by atoms with van der Waals surface area (Å²) < 4.78 is 5.43. The van der Waals surface area contributed by atoms with Gasteiger partial charge >= 0.3 is 5.97 Å². The molecule has 0 bridgehead atoms. The molecule has 1 fully saturated rings. The van der Waals surface area contributed by atoms with E-state index in [-0.39, 0.29) is 29.0 Å². The summed E-state index contributed by atoms with van der Waals surface area (Å²) in [7, 11) is 0. The predicted molar refractivity (Wildman–Crippen MR) is 109 cm³/mol. The predicted octanol–water partition coefficient (Wildman–Crippen LogP) is 2.43. The summed E-state index contributed by atoms with van der Waals surface area (Å²) in [5.74, 6) is -0.587. The Labute approximate surface area is 169 Å². The van der Waals surface area contributed by atoms with Gasteiger partial charge in [-0.15, -0.1) is 0 Å². The van der Waals surface area contributed by atoms with E-state index in [0.717, 1.165) is 0 Å². The van der Waals surface area contributed by atoms with Gasteiger partial charge in [-0.1, -0.05) is 23.8 Å². The van der Waals surface area contributed by atoms with Crippen LogP contribution in [0.15, 0.2) is 18.3 Å². The van der Waals surface area contributed by atoms with Crippen molar-refractivity contribution in [1.29, 1.82) is 0 Å². The number of amides is 1. The van der Waals surface area contributed by atoms with Crippen LogP contribution >= 0.6 is 23.8 Å². The number of nitrogens with zero attached hydrogens (tertiary/aromatic N) is 1. The van der Waals surface area contributed by atoms with E-state index in [1.807, 2.05) is 20.8 Å². The van der Waals surface area contributed by atoms with E-state index in [9.17, 15) is 9.59 Å². The molecule has 9 heteroatoms. The van der Waals surface area contributed by atoms with Crippen LogP contribution in [0.2, 0.25) is 5.02 Å². The van der Waals surface area contributed by atoms with Gasteiger partial charge in [0, 0.05) is 18.3 Å². The third-order valence-corrected chi connectivity index (χ3v) is 4.66. The molecule has 1 heterocycles. The van der Waals surface area contributed by atoms with Crippen molar-refractivity contribution in [3.8, 4) is 0 Å². The summed E-state index contributed by atoms with van der Waals surface area (Å²) in [5, 5.41) is 6.07. The minimum absolute atomic E-state index is 0.0305. The Balaban J connectivity index is 1.85. The van der Waals surface area contributed by atoms with E-state index in [4.69, 9.17) is 34.3 Å². The van der Waals surface area contributed by atoms with Gasteiger partial charge in [0.1, 0.15) is 11.4 Å². The minimum Gasteiger partial charge on any atom is -0.460 e. The van der Waals surface area contributed by atoms with Gasteiger partial charge < -0.3 is 21.1 Å². The van der Waals surface area contributed by atoms with Crippen molar-refractivity contribution >= 4 is 46.5 Å². The molecule has 3 atom stereocenters. The zero-order valence-corrected chi connectivity index (χ0v) is 17.2. The maximum Gasteiger partial charge on any atom is 0.309 e. The number of anilines is 1. The molecule has 27 heavy (non-hydrogen) atoms. The number of thiocarbonyl (C=S) groups is 1. The van der Waals surface area contributed by atoms with Gasteiger partial charge in [0.05, 0.1) is 10.9 Å². The molecule has 0 radical (unpaired) electrons. The van der Waals surface area contributed by atoms with Gasteiger partial charge in [-0.05, 0) is 52.2 Å². The van der Waals surface area contributed by atoms with Crippen molar-refractivity contribution in [1.82, 2.24) is 10.3 Å². The molecule has 0 aliphatic heterocycles. The Hall–Kier alpha value is -1.77. The van der Waals surface area contributed by atoms with Gasteiger partial charge in [-0.2, -0.15) is 0 Å². The molecule has 4 N–H and O–H groups in total. The summed E-state index contributed by atoms with van der Waals surface area (Å²) in [6.45, 7) is 5.51. The number of ether oxygens (including phenoxy) is 1. The quantitative estimate of drug-likeness (QED) is 0.517. The molecule has 7 nitrogen and oxygen atoms in total. The Kier molecular flexibility index (Phi) is 7.13. The fraction of sp³-hybridized carbons (Fsp3) is 0.556. The zero-order valence-electron chi connectivity index (χ0n) is 15.6. The molecule has 0 aromatic carbocycles. The second-order valence-electron chi connectivity index (χ2n) is 7.60. The monoisotopic (exact) mass is 412 g/mol. The molecule has 1 saturated carbocycles. The number of rotatable bonds is 3. The lowest BCUT2D eigenvalue weighted by atomic mass is 9.82. The normalized spacial score (nSPS) is 22.6. The van der Waals surface area contributed by atoms with E-state index in [1.54, 1.807) is 12.1 Å². The van der Waals surface area contributed by atoms with E-state index >= 15 is 0 Å². The van der Waals surface area contributed by atoms with Gasteiger partial charge in [0.15, 0.2) is 4.99 Å². The SMILES string of the molecule is CC(C)(C)OC(=O)[C@H]1CC[C@H](NC(=S)C(=O)Nc2ccc(Cl)cn2)[C@H](N)C1. The molecule has 1 aromatic heterocycles. The molecule has 0 saturated heterocycles. The van der Waals surface area contributed by atoms with Crippen molar-refractivity contribution in [2.75, 3.05) is 5.32 Å². The number of esters is 1. The largest absolute Gasteiger partial charge is 0.460 e. The van der Waals surface area contributed by atoms with E-state index in [2.05, 4.69) is 15.6 Å². The van der Waals surface area contributed by atoms with E-state index in [1.165, 1.54) is 6.20 Å². The highest BCUT2D eigenvalue weighted by atomic mass is 35.5. The van der Waals surface area contributed by atoms with Crippen LogP contribution in [0.1, 0.15) is 40.0 Å². The number of pyridine rings is 1. The summed E-state index contributed by atoms with van der Waals surface area (Å²) in [4.78, 5) is 28.4. The molecular weight excluding hydrogens is 388 g/mol. The maximum absolute atomic E-state index is 12.2. The van der Waals surface area contributed by atoms with Gasteiger partial charge in [-0.25, -0.2) is 4.98 Å². The van der Waals surface area contributed by atoms with Gasteiger partial charge in [-0.3, -0.25) is 9.59 Å². The van der Waals surface area contributed by atoms with Crippen LogP contribution in [-0.2, 0) is 14.3 Å². The molecule has 0 spiro atoms. The molecule has 1 amide bonds. The fourth-order valence-electron chi connectivity index (χ4n) is 2.84. The first kappa shape index (κ1) is 21.5. The van der Waals surface area contributed by atoms with Crippen LogP contribution in [0.3, 0.4) is 0 Å². The maximum atomic E-state index is 12.2. The number of carbonyl (C=O) groups excluding carboxylic acids is 2. The highest BCUT2D eigenvalue weighted by Crippen LogP contribution is 2.26. The highest BCUT2D eigenvalue weighted by Gasteiger charge is 2.35. The minimum atomic E-state index is -0.522. The van der Waals surface area contributed by atoms with Gasteiger partial charge in [0.25, 0.3) is 5.91 Å². The topological polar surface area (TPSA) is 106 Å². The summed E-state index contributed by atoms with van der Waals surface area (Å²) in [6, 6.07) is 2.71. The average Bonchev–Trinajstić information content (AvgIpc) is 2.57. The average molecular weight is 413 g/mol. The van der Waals surface area contributed by atoms with Crippen molar-refractivity contribution in [3.63, 3.8) is 0 Å². The lowest BCUT2D eigenvalue weighted by Gasteiger charge is -2.35. The van der Waals surface area contributed by atoms with Crippen LogP contribution in [0.4, 0.5) is 5.82 Å². The Morgan fingerprint density at radius 1 is 1.33 bits per heavy atom. The van der Waals surface area contributed by atoms with Gasteiger partial charge in [0.2, 0.25) is 0 Å². The van der Waals surface area contributed by atoms with Crippen LogP contribution in [0.5, 0.6) is 0 Å². The van der Waals surface area contributed by atoms with E-state index < -0.39 is 11.5 Å². The molecule has 1 aromatic rings. The van der Waals surface area contributed by atoms with Crippen molar-refractivity contribution in [3.05, 3.63) is 23.4 Å². The van der Waals surface area contributed by atoms with Crippen LogP contribution in [-0.4, -0.2) is 39.5 Å². The van der Waals surface area contributed by atoms with E-state index in [0.29, 0.717) is 30.1 Å². The number of nitrogens with two attached hydrogens (primary N) is 1. The second-order valence-corrected chi connectivity index (χ2v) is 8.45. The summed E-state index contributed by atoms with van der Waals surface area (Å²) in [5.41, 5.74) is 5.68. The lowest BCUT2D eigenvalue weighted by molar-refractivity contribution is -0.161. The molecule has 1 aliphatic rings. The molecule has 0 unspecified atom stereocenters. The standard InChI is InChI=1S/C18H25ClN4O3S/c1-18(2,3)26-17(25)10-4-6-13(12(20)8-10)22-16(27)15(24)23-14-7-5-11(19)9-21-14/h5,7,9-10,12-13H,4,6,8,20H2,1-3H3,(H,22,27)(H,21,23,24)/t10-,12+,13-/m0/s1. The molecular formula is C18H25ClN4O3S. The molecule has 148 valence electrons. The number of hydrogen-bond acceptors (Lipinski definition) is 6. The van der Waals surface area contributed by atoms with Crippen molar-refractivity contribution < 1.29 is 14.3 Å². The number of nitrogens with one attached hydrogen (secondary N) is 2. The number of aromatic nitrogens is 1. The van der Waals surface area contributed by atoms with Crippen molar-refractivity contribution in [2.45, 2.75) is 57.7 Å². The zero-order chi connectivity index (χ0) is 20.2. The number of hydrogen-bond donors (Lipinski definition) is 3. The number of carbonyl (C=O) groups is 2. The highest BCUT2D eigenvalue weighted by molar-refractivity contribution is 7.82. The van der Waals surface area contributed by atoms with Crippen LogP contribution < -0.4 is 16.4 Å². The van der Waals surface area contributed by atoms with Crippen LogP contribution in [0.25, 0.3) is 0 Å². The van der Waals surface area contributed by atoms with Crippen molar-refractivity contribution in [2.24, 2.45) is 11.7 Å². The molecule has 2 rings (SSSR count). The second kappa shape index (κ2) is 8.95. The summed E-state index contributed by atoms with van der Waals surface area (Å²) in [6.07, 6.45) is 3.16. The number of halogens is 1. The third kappa shape index (κ3) is 6.71. The first-order chi connectivity index (χ1) is 12.5. The Bertz CT molecular complexity index is 706. The lowest BCUT2D eigenvalue weighted by Crippen LogP contribution is -2.53.